The van der Waals surface area contributed by atoms with Crippen LogP contribution in [0.1, 0.15) is 19.8 Å². The number of hydrogen-bond acceptors (Lipinski definition) is 2. The van der Waals surface area contributed by atoms with Crippen LogP contribution in [-0.4, -0.2) is 12.1 Å². The molecule has 0 aromatic heterocycles. The lowest BCUT2D eigenvalue weighted by atomic mass is 9.89. The van der Waals surface area contributed by atoms with Crippen LogP contribution in [0.25, 0.3) is 0 Å². The molecular formula is C10H14O2. The molecule has 1 saturated carbocycles. The average molecular weight is 166 g/mol. The first-order chi connectivity index (χ1) is 5.70. The number of carbonyl (C=O) groups is 2. The normalized spacial score (nSPS) is 34.6. The average Bonchev–Trinajstić information content (AvgIpc) is 2.45. The minimum Gasteiger partial charge on any atom is -0.303 e. The molecular weight excluding hydrogens is 152 g/mol. The van der Waals surface area contributed by atoms with E-state index in [0.29, 0.717) is 5.92 Å². The van der Waals surface area contributed by atoms with Crippen molar-refractivity contribution in [3.8, 4) is 0 Å². The van der Waals surface area contributed by atoms with E-state index in [-0.39, 0.29) is 17.6 Å². The molecule has 1 fully saturated rings. The van der Waals surface area contributed by atoms with Gasteiger partial charge in [0, 0.05) is 11.8 Å². The van der Waals surface area contributed by atoms with Gasteiger partial charge in [0.1, 0.15) is 6.29 Å². The Labute approximate surface area is 72.7 Å². The van der Waals surface area contributed by atoms with Crippen molar-refractivity contribution in [1.82, 2.24) is 0 Å². The Morgan fingerprint density at radius 1 is 1.50 bits per heavy atom. The smallest absolute Gasteiger partial charge is 0.158 e. The molecule has 1 rings (SSSR count). The van der Waals surface area contributed by atoms with Gasteiger partial charge in [0.15, 0.2) is 5.78 Å². The van der Waals surface area contributed by atoms with Gasteiger partial charge in [0.05, 0.1) is 0 Å². The van der Waals surface area contributed by atoms with Crippen LogP contribution in [0.2, 0.25) is 0 Å². The van der Waals surface area contributed by atoms with Crippen LogP contribution >= 0.6 is 0 Å². The van der Waals surface area contributed by atoms with Crippen molar-refractivity contribution in [2.24, 2.45) is 17.8 Å². The van der Waals surface area contributed by atoms with E-state index in [0.717, 1.165) is 19.1 Å². The molecule has 3 unspecified atom stereocenters. The van der Waals surface area contributed by atoms with E-state index in [1.807, 2.05) is 6.92 Å². The molecule has 0 aliphatic heterocycles. The summed E-state index contributed by atoms with van der Waals surface area (Å²) in [7, 11) is 0. The van der Waals surface area contributed by atoms with E-state index in [1.165, 1.54) is 6.08 Å². The van der Waals surface area contributed by atoms with Gasteiger partial charge in [0.25, 0.3) is 0 Å². The van der Waals surface area contributed by atoms with E-state index in [1.54, 1.807) is 0 Å². The predicted molar refractivity (Wildman–Crippen MR) is 46.6 cm³/mol. The van der Waals surface area contributed by atoms with E-state index in [9.17, 15) is 9.59 Å². The van der Waals surface area contributed by atoms with Crippen molar-refractivity contribution < 1.29 is 9.59 Å². The fraction of sp³-hybridized carbons (Fsp3) is 0.600. The Hall–Kier alpha value is -0.920. The summed E-state index contributed by atoms with van der Waals surface area (Å²) in [5.41, 5.74) is 0. The molecule has 3 atom stereocenters. The van der Waals surface area contributed by atoms with Gasteiger partial charge in [-0.25, -0.2) is 0 Å². The van der Waals surface area contributed by atoms with Gasteiger partial charge in [-0.2, -0.15) is 0 Å². The first kappa shape index (κ1) is 9.17. The van der Waals surface area contributed by atoms with Gasteiger partial charge in [-0.3, -0.25) is 4.79 Å². The highest BCUT2D eigenvalue weighted by Gasteiger charge is 2.36. The lowest BCUT2D eigenvalue weighted by molar-refractivity contribution is -0.123. The van der Waals surface area contributed by atoms with Crippen LogP contribution in [0.4, 0.5) is 0 Å². The first-order valence-corrected chi connectivity index (χ1v) is 4.32. The Morgan fingerprint density at radius 2 is 2.17 bits per heavy atom. The quantitative estimate of drug-likeness (QED) is 0.471. The molecule has 0 radical (unpaired) electrons. The summed E-state index contributed by atoms with van der Waals surface area (Å²) in [5, 5.41) is 0. The number of ketones is 1. The summed E-state index contributed by atoms with van der Waals surface area (Å²) in [5.74, 6) is 0.221. The zero-order chi connectivity index (χ0) is 9.14. The van der Waals surface area contributed by atoms with Gasteiger partial charge in [-0.15, -0.1) is 0 Å². The summed E-state index contributed by atoms with van der Waals surface area (Å²) in [4.78, 5) is 21.9. The highest BCUT2D eigenvalue weighted by Crippen LogP contribution is 2.35. The molecule has 0 aromatic carbocycles. The summed E-state index contributed by atoms with van der Waals surface area (Å²) in [6, 6.07) is 0. The molecule has 1 aliphatic carbocycles. The van der Waals surface area contributed by atoms with Crippen molar-refractivity contribution in [2.45, 2.75) is 19.8 Å². The summed E-state index contributed by atoms with van der Waals surface area (Å²) >= 11 is 0. The number of carbonyl (C=O) groups excluding carboxylic acids is 2. The van der Waals surface area contributed by atoms with Crippen molar-refractivity contribution in [3.05, 3.63) is 12.7 Å². The topological polar surface area (TPSA) is 34.1 Å². The number of allylic oxidation sites excluding steroid dienone is 1. The molecule has 12 heavy (non-hydrogen) atoms. The third-order valence-corrected chi connectivity index (χ3v) is 2.78. The third kappa shape index (κ3) is 1.47. The Kier molecular flexibility index (Phi) is 2.79. The van der Waals surface area contributed by atoms with Gasteiger partial charge in [-0.05, 0) is 24.8 Å². The maximum absolute atomic E-state index is 11.3. The largest absolute Gasteiger partial charge is 0.303 e. The van der Waals surface area contributed by atoms with Crippen molar-refractivity contribution in [1.29, 1.82) is 0 Å². The van der Waals surface area contributed by atoms with Crippen LogP contribution in [-0.2, 0) is 9.59 Å². The molecule has 0 bridgehead atoms. The summed E-state index contributed by atoms with van der Waals surface area (Å²) in [6.07, 6.45) is 4.08. The molecule has 0 amide bonds. The molecule has 0 saturated heterocycles. The molecule has 0 spiro atoms. The molecule has 0 N–H and O–H groups in total. The number of hydrogen-bond donors (Lipinski definition) is 0. The van der Waals surface area contributed by atoms with Crippen molar-refractivity contribution >= 4 is 12.1 Å². The molecule has 2 nitrogen and oxygen atoms in total. The minimum absolute atomic E-state index is 0.0245. The lowest BCUT2D eigenvalue weighted by Crippen LogP contribution is -2.21. The zero-order valence-electron chi connectivity index (χ0n) is 7.32. The second-order valence-electron chi connectivity index (χ2n) is 3.48. The lowest BCUT2D eigenvalue weighted by Gasteiger charge is -2.13. The monoisotopic (exact) mass is 166 g/mol. The van der Waals surface area contributed by atoms with Crippen LogP contribution in [0.5, 0.6) is 0 Å². The van der Waals surface area contributed by atoms with Crippen LogP contribution in [0.15, 0.2) is 12.7 Å². The maximum atomic E-state index is 11.3. The fourth-order valence-corrected chi connectivity index (χ4v) is 1.94. The molecule has 0 aromatic rings. The number of aldehydes is 1. The number of rotatable bonds is 3. The van der Waals surface area contributed by atoms with Crippen LogP contribution < -0.4 is 0 Å². The van der Waals surface area contributed by atoms with Gasteiger partial charge in [0.2, 0.25) is 0 Å². The molecule has 1 aliphatic rings. The minimum atomic E-state index is -0.0880. The van der Waals surface area contributed by atoms with Crippen LogP contribution in [0.3, 0.4) is 0 Å². The highest BCUT2D eigenvalue weighted by molar-refractivity contribution is 5.93. The maximum Gasteiger partial charge on any atom is 0.158 e. The van der Waals surface area contributed by atoms with Gasteiger partial charge >= 0.3 is 0 Å². The standard InChI is InChI=1S/C10H14O2/c1-3-10(12)8-5-4-7(2)9(8)6-11/h3,6-9H,1,4-5H2,2H3. The third-order valence-electron chi connectivity index (χ3n) is 2.78. The Bertz CT molecular complexity index is 208. The summed E-state index contributed by atoms with van der Waals surface area (Å²) < 4.78 is 0. The second kappa shape index (κ2) is 3.65. The van der Waals surface area contributed by atoms with Crippen LogP contribution in [0, 0.1) is 17.8 Å². The zero-order valence-corrected chi connectivity index (χ0v) is 7.32. The Balaban J connectivity index is 2.72. The SMILES string of the molecule is C=CC(=O)C1CCC(C)C1C=O. The van der Waals surface area contributed by atoms with E-state index < -0.39 is 0 Å². The van der Waals surface area contributed by atoms with Gasteiger partial charge in [-0.1, -0.05) is 13.5 Å². The first-order valence-electron chi connectivity index (χ1n) is 4.32. The second-order valence-corrected chi connectivity index (χ2v) is 3.48. The van der Waals surface area contributed by atoms with E-state index >= 15 is 0 Å². The van der Waals surface area contributed by atoms with Gasteiger partial charge < -0.3 is 4.79 Å². The Morgan fingerprint density at radius 3 is 2.67 bits per heavy atom. The van der Waals surface area contributed by atoms with E-state index in [2.05, 4.69) is 6.58 Å². The molecule has 0 heterocycles. The highest BCUT2D eigenvalue weighted by atomic mass is 16.1. The van der Waals surface area contributed by atoms with Crippen molar-refractivity contribution in [3.63, 3.8) is 0 Å². The van der Waals surface area contributed by atoms with Crippen molar-refractivity contribution in [2.75, 3.05) is 0 Å². The fourth-order valence-electron chi connectivity index (χ4n) is 1.94. The van der Waals surface area contributed by atoms with E-state index in [4.69, 9.17) is 0 Å². The summed E-state index contributed by atoms with van der Waals surface area (Å²) in [6.45, 7) is 5.46. The predicted octanol–water partition coefficient (Wildman–Crippen LogP) is 1.60. The molecule has 2 heteroatoms. The molecule has 66 valence electrons.